The van der Waals surface area contributed by atoms with Gasteiger partial charge in [-0.05, 0) is 48.0 Å². The Morgan fingerprint density at radius 2 is 1.74 bits per heavy atom. The van der Waals surface area contributed by atoms with E-state index in [9.17, 15) is 18.0 Å². The predicted octanol–water partition coefficient (Wildman–Crippen LogP) is 5.51. The van der Waals surface area contributed by atoms with Gasteiger partial charge in [0.25, 0.3) is 0 Å². The van der Waals surface area contributed by atoms with Gasteiger partial charge in [-0.3, -0.25) is 0 Å². The summed E-state index contributed by atoms with van der Waals surface area (Å²) in [7, 11) is 0. The van der Waals surface area contributed by atoms with Gasteiger partial charge in [0, 0.05) is 18.2 Å². The van der Waals surface area contributed by atoms with Crippen LogP contribution in [-0.2, 0) is 17.0 Å². The average molecular weight is 445 g/mol. The predicted molar refractivity (Wildman–Crippen MR) is 112 cm³/mol. The number of benzene rings is 2. The zero-order chi connectivity index (χ0) is 22.2. The van der Waals surface area contributed by atoms with Crippen molar-refractivity contribution in [2.24, 2.45) is 0 Å². The van der Waals surface area contributed by atoms with Crippen LogP contribution in [0.1, 0.15) is 17.0 Å². The minimum atomic E-state index is -1.15. The molecule has 31 heavy (non-hydrogen) atoms. The molecule has 0 spiro atoms. The molecule has 0 bridgehead atoms. The number of aliphatic carboxylic acids is 1. The lowest BCUT2D eigenvalue weighted by Gasteiger charge is -2.11. The Hall–Kier alpha value is -3.26. The Labute approximate surface area is 181 Å². The van der Waals surface area contributed by atoms with Crippen LogP contribution >= 0.6 is 11.8 Å². The quantitative estimate of drug-likeness (QED) is 0.348. The fourth-order valence-electron chi connectivity index (χ4n) is 2.67. The molecule has 8 heteroatoms. The van der Waals surface area contributed by atoms with E-state index in [1.54, 1.807) is 24.3 Å². The molecule has 1 aromatic heterocycles. The molecule has 0 amide bonds. The summed E-state index contributed by atoms with van der Waals surface area (Å²) < 4.78 is 46.3. The van der Waals surface area contributed by atoms with Crippen LogP contribution in [0.5, 0.6) is 5.75 Å². The Balaban J connectivity index is 1.71. The highest BCUT2D eigenvalue weighted by atomic mass is 32.2. The lowest BCUT2D eigenvalue weighted by Crippen LogP contribution is -2.04. The minimum Gasteiger partial charge on any atom is -0.491 e. The molecule has 1 heterocycles. The fraction of sp³-hybridized carbons (Fsp3) is 0.130. The third-order valence-corrected chi connectivity index (χ3v) is 5.29. The lowest BCUT2D eigenvalue weighted by molar-refractivity contribution is -0.131. The zero-order valence-electron chi connectivity index (χ0n) is 16.2. The lowest BCUT2D eigenvalue weighted by atomic mass is 10.1. The number of hydrogen-bond acceptors (Lipinski definition) is 4. The summed E-state index contributed by atoms with van der Waals surface area (Å²) in [4.78, 5) is 15.2. The number of carbonyl (C=O) groups is 1. The van der Waals surface area contributed by atoms with Crippen molar-refractivity contribution in [3.63, 3.8) is 0 Å². The van der Waals surface area contributed by atoms with E-state index in [0.717, 1.165) is 23.4 Å². The third kappa shape index (κ3) is 6.62. The van der Waals surface area contributed by atoms with Crippen molar-refractivity contribution < 1.29 is 27.8 Å². The monoisotopic (exact) mass is 445 g/mol. The number of carboxylic acids is 1. The number of aromatic nitrogens is 1. The maximum absolute atomic E-state index is 13.8. The van der Waals surface area contributed by atoms with Gasteiger partial charge in [0.05, 0.1) is 17.2 Å². The molecule has 0 fully saturated rings. The summed E-state index contributed by atoms with van der Waals surface area (Å²) >= 11 is 0.958. The first-order valence-corrected chi connectivity index (χ1v) is 10.3. The number of nitrogens with zero attached hydrogens (tertiary/aromatic N) is 1. The zero-order valence-corrected chi connectivity index (χ0v) is 17.0. The van der Waals surface area contributed by atoms with Gasteiger partial charge < -0.3 is 9.84 Å². The molecular formula is C23H18F3NO3S. The van der Waals surface area contributed by atoms with Crippen LogP contribution in [0.2, 0.25) is 0 Å². The van der Waals surface area contributed by atoms with Crippen LogP contribution in [0, 0.1) is 17.5 Å². The molecular weight excluding hydrogens is 427 g/mol. The molecule has 160 valence electrons. The summed E-state index contributed by atoms with van der Waals surface area (Å²) in [6, 6.07) is 13.0. The van der Waals surface area contributed by atoms with Crippen LogP contribution in [0.25, 0.3) is 6.08 Å². The number of thioether (sulfide) groups is 1. The summed E-state index contributed by atoms with van der Waals surface area (Å²) in [5.74, 6) is -2.23. The molecule has 1 N–H and O–H groups in total. The van der Waals surface area contributed by atoms with Crippen LogP contribution in [0.3, 0.4) is 0 Å². The van der Waals surface area contributed by atoms with E-state index in [2.05, 4.69) is 4.98 Å². The topological polar surface area (TPSA) is 59.4 Å². The maximum Gasteiger partial charge on any atom is 0.328 e. The molecule has 3 rings (SSSR count). The Bertz CT molecular complexity index is 1070. The SMILES string of the molecule is O=C(O)C=Cc1nc(CSc2c(F)cccc2F)ccc1OCCc1ccc(F)cc1. The smallest absolute Gasteiger partial charge is 0.328 e. The van der Waals surface area contributed by atoms with E-state index in [0.29, 0.717) is 17.9 Å². The van der Waals surface area contributed by atoms with Gasteiger partial charge in [-0.1, -0.05) is 18.2 Å². The molecule has 0 saturated heterocycles. The van der Waals surface area contributed by atoms with Crippen molar-refractivity contribution in [2.45, 2.75) is 17.1 Å². The number of pyridine rings is 1. The largest absolute Gasteiger partial charge is 0.491 e. The standard InChI is InChI=1S/C23H18F3NO3S/c24-16-6-4-15(5-7-16)12-13-30-21-10-8-17(27-20(21)9-11-22(28)29)14-31-23-18(25)2-1-3-19(23)26/h1-11H,12-14H2,(H,28,29). The Kier molecular flexibility index (Phi) is 7.72. The van der Waals surface area contributed by atoms with Gasteiger partial charge in [0.2, 0.25) is 0 Å². The summed E-state index contributed by atoms with van der Waals surface area (Å²) in [6.45, 7) is 0.274. The number of rotatable bonds is 9. The number of halogens is 3. The van der Waals surface area contributed by atoms with Crippen LogP contribution in [0.15, 0.2) is 65.6 Å². The van der Waals surface area contributed by atoms with Crippen molar-refractivity contribution in [2.75, 3.05) is 6.61 Å². The summed E-state index contributed by atoms with van der Waals surface area (Å²) in [6.07, 6.45) is 2.75. The summed E-state index contributed by atoms with van der Waals surface area (Å²) in [5.41, 5.74) is 1.68. The Morgan fingerprint density at radius 1 is 1.03 bits per heavy atom. The normalized spacial score (nSPS) is 11.1. The van der Waals surface area contributed by atoms with Gasteiger partial charge in [-0.15, -0.1) is 11.8 Å². The molecule has 4 nitrogen and oxygen atoms in total. The van der Waals surface area contributed by atoms with E-state index < -0.39 is 17.6 Å². The first kappa shape index (κ1) is 22.4. The molecule has 0 unspecified atom stereocenters. The highest BCUT2D eigenvalue weighted by Crippen LogP contribution is 2.29. The first-order valence-electron chi connectivity index (χ1n) is 9.27. The third-order valence-electron chi connectivity index (χ3n) is 4.17. The van der Waals surface area contributed by atoms with E-state index in [4.69, 9.17) is 9.84 Å². The van der Waals surface area contributed by atoms with Crippen molar-refractivity contribution in [1.29, 1.82) is 0 Å². The number of hydrogen-bond donors (Lipinski definition) is 1. The van der Waals surface area contributed by atoms with Gasteiger partial charge in [-0.2, -0.15) is 0 Å². The van der Waals surface area contributed by atoms with Crippen LogP contribution in [0.4, 0.5) is 13.2 Å². The van der Waals surface area contributed by atoms with Gasteiger partial charge in [0.15, 0.2) is 0 Å². The van der Waals surface area contributed by atoms with Gasteiger partial charge in [0.1, 0.15) is 28.9 Å². The molecule has 0 radical (unpaired) electrons. The highest BCUT2D eigenvalue weighted by molar-refractivity contribution is 7.98. The van der Waals surface area contributed by atoms with E-state index >= 15 is 0 Å². The minimum absolute atomic E-state index is 0.105. The van der Waals surface area contributed by atoms with Crippen molar-refractivity contribution in [1.82, 2.24) is 4.98 Å². The highest BCUT2D eigenvalue weighted by Gasteiger charge is 2.11. The second kappa shape index (κ2) is 10.7. The van der Waals surface area contributed by atoms with Crippen LogP contribution < -0.4 is 4.74 Å². The number of carboxylic acid groups (broad SMARTS) is 1. The van der Waals surface area contributed by atoms with Crippen LogP contribution in [-0.4, -0.2) is 22.7 Å². The first-order chi connectivity index (χ1) is 14.9. The van der Waals surface area contributed by atoms with Crippen molar-refractivity contribution in [3.8, 4) is 5.75 Å². The van der Waals surface area contributed by atoms with Gasteiger partial charge >= 0.3 is 5.97 Å². The van der Waals surface area contributed by atoms with E-state index in [1.807, 2.05) is 0 Å². The second-order valence-electron chi connectivity index (χ2n) is 6.42. The molecule has 0 atom stereocenters. The molecule has 0 saturated carbocycles. The molecule has 0 aliphatic rings. The van der Waals surface area contributed by atoms with Gasteiger partial charge in [-0.25, -0.2) is 22.9 Å². The van der Waals surface area contributed by atoms with E-state index in [-0.39, 0.29) is 28.8 Å². The summed E-state index contributed by atoms with van der Waals surface area (Å²) in [5, 5.41) is 8.92. The maximum atomic E-state index is 13.8. The average Bonchev–Trinajstić information content (AvgIpc) is 2.74. The molecule has 3 aromatic rings. The van der Waals surface area contributed by atoms with E-state index in [1.165, 1.54) is 36.4 Å². The number of ether oxygens (including phenoxy) is 1. The van der Waals surface area contributed by atoms with Crippen molar-refractivity contribution >= 4 is 23.8 Å². The van der Waals surface area contributed by atoms with Crippen molar-refractivity contribution in [3.05, 3.63) is 95.1 Å². The fourth-order valence-corrected chi connectivity index (χ4v) is 3.54. The Morgan fingerprint density at radius 3 is 2.42 bits per heavy atom. The molecule has 2 aromatic carbocycles. The molecule has 0 aliphatic heterocycles. The second-order valence-corrected chi connectivity index (χ2v) is 7.41. The molecule has 0 aliphatic carbocycles.